The number of amides is 1. The lowest BCUT2D eigenvalue weighted by Gasteiger charge is -2.29. The van der Waals surface area contributed by atoms with Crippen molar-refractivity contribution < 1.29 is 4.79 Å². The Bertz CT molecular complexity index is 863. The zero-order valence-corrected chi connectivity index (χ0v) is 15.9. The summed E-state index contributed by atoms with van der Waals surface area (Å²) < 4.78 is 1.10. The quantitative estimate of drug-likeness (QED) is 0.857. The topological polar surface area (TPSA) is 67.2 Å². The van der Waals surface area contributed by atoms with E-state index in [0.717, 1.165) is 30.6 Å². The Hall–Kier alpha value is -2.05. The van der Waals surface area contributed by atoms with Crippen LogP contribution in [-0.2, 0) is 4.79 Å². The van der Waals surface area contributed by atoms with Gasteiger partial charge in [-0.15, -0.1) is 0 Å². The number of benzene rings is 1. The summed E-state index contributed by atoms with van der Waals surface area (Å²) in [6.45, 7) is 3.30. The smallest absolute Gasteiger partial charge is 0.288 e. The largest absolute Gasteiger partial charge is 0.369 e. The van der Waals surface area contributed by atoms with Gasteiger partial charge in [0.1, 0.15) is 11.1 Å². The summed E-state index contributed by atoms with van der Waals surface area (Å²) in [5.74, 6) is -0.394. The monoisotopic (exact) mass is 394 g/mol. The molecule has 0 saturated carbocycles. The second-order valence-electron chi connectivity index (χ2n) is 6.29. The molecular formula is C18H20Cl2N4O2. The Kier molecular flexibility index (Phi) is 5.84. The van der Waals surface area contributed by atoms with Crippen LogP contribution in [-0.4, -0.2) is 28.8 Å². The highest BCUT2D eigenvalue weighted by Crippen LogP contribution is 2.25. The first-order valence-electron chi connectivity index (χ1n) is 8.56. The fourth-order valence-electron chi connectivity index (χ4n) is 2.98. The van der Waals surface area contributed by atoms with E-state index in [-0.39, 0.29) is 5.02 Å². The van der Waals surface area contributed by atoms with Gasteiger partial charge in [-0.1, -0.05) is 35.3 Å². The Balaban J connectivity index is 1.82. The number of aromatic nitrogens is 2. The summed E-state index contributed by atoms with van der Waals surface area (Å²) in [5.41, 5.74) is 0.637. The van der Waals surface area contributed by atoms with Gasteiger partial charge in [0.2, 0.25) is 5.91 Å². The minimum absolute atomic E-state index is 0.0966. The van der Waals surface area contributed by atoms with Crippen LogP contribution >= 0.6 is 23.2 Å². The molecule has 2 aromatic rings. The lowest BCUT2D eigenvalue weighted by Crippen LogP contribution is -2.36. The van der Waals surface area contributed by atoms with Crippen molar-refractivity contribution in [3.63, 3.8) is 0 Å². The molecule has 26 heavy (non-hydrogen) atoms. The number of nitrogens with one attached hydrogen (secondary N) is 1. The van der Waals surface area contributed by atoms with E-state index in [9.17, 15) is 9.59 Å². The summed E-state index contributed by atoms with van der Waals surface area (Å²) in [5, 5.41) is 7.41. The molecular weight excluding hydrogens is 375 g/mol. The zero-order chi connectivity index (χ0) is 18.7. The molecule has 0 spiro atoms. The van der Waals surface area contributed by atoms with Crippen LogP contribution in [0, 0.1) is 0 Å². The third kappa shape index (κ3) is 3.86. The number of halogens is 2. The van der Waals surface area contributed by atoms with Gasteiger partial charge in [0, 0.05) is 13.1 Å². The van der Waals surface area contributed by atoms with Gasteiger partial charge in [-0.05, 0) is 38.3 Å². The molecule has 1 aliphatic heterocycles. The van der Waals surface area contributed by atoms with Gasteiger partial charge in [0.15, 0.2) is 0 Å². The predicted molar refractivity (Wildman–Crippen MR) is 104 cm³/mol. The summed E-state index contributed by atoms with van der Waals surface area (Å²) in [4.78, 5) is 27.2. The van der Waals surface area contributed by atoms with Crippen LogP contribution in [0.25, 0.3) is 0 Å². The van der Waals surface area contributed by atoms with Crippen LogP contribution in [0.4, 0.5) is 11.4 Å². The molecule has 1 aliphatic rings. The van der Waals surface area contributed by atoms with Crippen molar-refractivity contribution in [2.45, 2.75) is 32.2 Å². The van der Waals surface area contributed by atoms with Crippen molar-refractivity contribution >= 4 is 40.5 Å². The van der Waals surface area contributed by atoms with Crippen LogP contribution in [0.15, 0.2) is 35.3 Å². The normalized spacial score (nSPS) is 15.6. The lowest BCUT2D eigenvalue weighted by atomic mass is 10.1. The lowest BCUT2D eigenvalue weighted by molar-refractivity contribution is -0.119. The average Bonchev–Trinajstić information content (AvgIpc) is 2.66. The minimum atomic E-state index is -0.827. The van der Waals surface area contributed by atoms with Crippen molar-refractivity contribution in [2.75, 3.05) is 23.3 Å². The number of hydrogen-bond acceptors (Lipinski definition) is 4. The molecule has 0 unspecified atom stereocenters. The summed E-state index contributed by atoms with van der Waals surface area (Å²) in [6.07, 6.45) is 4.87. The maximum absolute atomic E-state index is 12.6. The molecule has 6 nitrogen and oxygen atoms in total. The van der Waals surface area contributed by atoms with Crippen LogP contribution in [0.1, 0.15) is 32.2 Å². The standard InChI is InChI=1S/C18H20Cl2N4O2/c1-12(17(25)22-14-8-4-3-7-13(14)19)24-18(26)16(20)15(11-21-24)23-9-5-2-6-10-23/h3-4,7-8,11-12H,2,5-6,9-10H2,1H3,(H,22,25)/t12-/m1/s1. The molecule has 0 aliphatic carbocycles. The maximum Gasteiger partial charge on any atom is 0.288 e. The molecule has 1 atom stereocenters. The molecule has 0 radical (unpaired) electrons. The number of hydrogen-bond donors (Lipinski definition) is 1. The molecule has 1 saturated heterocycles. The number of para-hydroxylation sites is 1. The molecule has 1 N–H and O–H groups in total. The number of carbonyl (C=O) groups excluding carboxylic acids is 1. The fourth-order valence-corrected chi connectivity index (χ4v) is 3.42. The molecule has 1 aromatic heterocycles. The SMILES string of the molecule is C[C@H](C(=O)Nc1ccccc1Cl)n1ncc(N2CCCCC2)c(Cl)c1=O. The van der Waals surface area contributed by atoms with Crippen LogP contribution in [0.5, 0.6) is 0 Å². The van der Waals surface area contributed by atoms with Gasteiger partial charge in [-0.3, -0.25) is 9.59 Å². The number of piperidine rings is 1. The van der Waals surface area contributed by atoms with Crippen molar-refractivity contribution in [3.05, 3.63) is 50.9 Å². The highest BCUT2D eigenvalue weighted by Gasteiger charge is 2.23. The number of rotatable bonds is 4. The highest BCUT2D eigenvalue weighted by atomic mass is 35.5. The number of nitrogens with zero attached hydrogens (tertiary/aromatic N) is 3. The third-order valence-corrected chi connectivity index (χ3v) is 5.18. The van der Waals surface area contributed by atoms with Gasteiger partial charge in [0.25, 0.3) is 5.56 Å². The second kappa shape index (κ2) is 8.10. The molecule has 0 bridgehead atoms. The first-order valence-corrected chi connectivity index (χ1v) is 9.32. The summed E-state index contributed by atoms with van der Waals surface area (Å²) in [6, 6.07) is 6.08. The first-order chi connectivity index (χ1) is 12.5. The van der Waals surface area contributed by atoms with Gasteiger partial charge in [0.05, 0.1) is 22.6 Å². The number of carbonyl (C=O) groups is 1. The fraction of sp³-hybridized carbons (Fsp3) is 0.389. The first kappa shape index (κ1) is 18.7. The Morgan fingerprint density at radius 2 is 1.88 bits per heavy atom. The molecule has 138 valence electrons. The highest BCUT2D eigenvalue weighted by molar-refractivity contribution is 6.33. The minimum Gasteiger partial charge on any atom is -0.369 e. The molecule has 1 fully saturated rings. The van der Waals surface area contributed by atoms with E-state index in [4.69, 9.17) is 23.2 Å². The van der Waals surface area contributed by atoms with Gasteiger partial charge in [-0.2, -0.15) is 5.10 Å². The van der Waals surface area contributed by atoms with E-state index in [0.29, 0.717) is 16.4 Å². The van der Waals surface area contributed by atoms with E-state index < -0.39 is 17.5 Å². The molecule has 8 heteroatoms. The number of anilines is 2. The van der Waals surface area contributed by atoms with Gasteiger partial charge < -0.3 is 10.2 Å². The van der Waals surface area contributed by atoms with Crippen LogP contribution < -0.4 is 15.8 Å². The molecule has 3 rings (SSSR count). The van der Waals surface area contributed by atoms with E-state index in [1.54, 1.807) is 37.4 Å². The predicted octanol–water partition coefficient (Wildman–Crippen LogP) is 3.74. The Morgan fingerprint density at radius 1 is 1.19 bits per heavy atom. The van der Waals surface area contributed by atoms with E-state index in [1.165, 1.54) is 6.42 Å². The molecule has 1 aromatic carbocycles. The second-order valence-corrected chi connectivity index (χ2v) is 7.07. The van der Waals surface area contributed by atoms with Crippen molar-refractivity contribution in [2.24, 2.45) is 0 Å². The summed E-state index contributed by atoms with van der Waals surface area (Å²) in [7, 11) is 0. The van der Waals surface area contributed by atoms with Gasteiger partial charge in [-0.25, -0.2) is 4.68 Å². The average molecular weight is 395 g/mol. The molecule has 1 amide bonds. The van der Waals surface area contributed by atoms with E-state index in [1.807, 2.05) is 0 Å². The van der Waals surface area contributed by atoms with Crippen molar-refractivity contribution in [3.8, 4) is 0 Å². The maximum atomic E-state index is 12.6. The third-order valence-electron chi connectivity index (χ3n) is 4.50. The van der Waals surface area contributed by atoms with Gasteiger partial charge >= 0.3 is 0 Å². The van der Waals surface area contributed by atoms with Crippen molar-refractivity contribution in [1.29, 1.82) is 0 Å². The van der Waals surface area contributed by atoms with Crippen molar-refractivity contribution in [1.82, 2.24) is 9.78 Å². The van der Waals surface area contributed by atoms with Crippen LogP contribution in [0.2, 0.25) is 10.0 Å². The van der Waals surface area contributed by atoms with Crippen LogP contribution in [0.3, 0.4) is 0 Å². The Labute approximate surface area is 161 Å². The summed E-state index contributed by atoms with van der Waals surface area (Å²) >= 11 is 12.4. The molecule has 2 heterocycles. The van der Waals surface area contributed by atoms with E-state index in [2.05, 4.69) is 15.3 Å². The van der Waals surface area contributed by atoms with E-state index >= 15 is 0 Å². The zero-order valence-electron chi connectivity index (χ0n) is 14.4. The Morgan fingerprint density at radius 3 is 2.58 bits per heavy atom.